The molecule has 3 aromatic carbocycles. The van der Waals surface area contributed by atoms with Gasteiger partial charge in [0, 0.05) is 50.6 Å². The monoisotopic (exact) mass is 597 g/mol. The Bertz CT molecular complexity index is 1610. The number of Topliss-reactive ketones (excluding diaryl/α,β-unsaturated/α-hetero) is 1. The third-order valence-electron chi connectivity index (χ3n) is 6.47. The van der Waals surface area contributed by atoms with E-state index in [1.807, 2.05) is 20.8 Å². The van der Waals surface area contributed by atoms with Gasteiger partial charge in [-0.1, -0.05) is 30.3 Å². The van der Waals surface area contributed by atoms with Crippen LogP contribution in [0, 0.1) is 11.8 Å². The fraction of sp³-hybridized carbons (Fsp3) is 0.312. The molecule has 0 spiro atoms. The van der Waals surface area contributed by atoms with Crippen LogP contribution in [0.1, 0.15) is 61.7 Å². The zero-order chi connectivity index (χ0) is 30.6. The Morgan fingerprint density at radius 3 is 2.48 bits per heavy atom. The van der Waals surface area contributed by atoms with Crippen molar-refractivity contribution in [1.29, 1.82) is 0 Å². The Morgan fingerprint density at radius 1 is 1.02 bits per heavy atom. The number of ether oxygens (including phenoxy) is 2. The Morgan fingerprint density at radius 2 is 1.79 bits per heavy atom. The molecule has 0 bridgehead atoms. The van der Waals surface area contributed by atoms with Gasteiger partial charge in [0.2, 0.25) is 0 Å². The Labute approximate surface area is 246 Å². The lowest BCUT2D eigenvalue weighted by Crippen LogP contribution is -2.39. The molecule has 4 aromatic rings. The van der Waals surface area contributed by atoms with Crippen molar-refractivity contribution in [2.75, 3.05) is 6.61 Å². The van der Waals surface area contributed by atoms with Crippen LogP contribution < -0.4 is 9.46 Å². The highest BCUT2D eigenvalue weighted by Gasteiger charge is 2.27. The quantitative estimate of drug-likeness (QED) is 0.115. The molecule has 4 rings (SSSR count). The van der Waals surface area contributed by atoms with Crippen LogP contribution in [0.15, 0.2) is 59.0 Å². The van der Waals surface area contributed by atoms with E-state index in [4.69, 9.17) is 13.9 Å². The maximum atomic E-state index is 15.8. The molecule has 1 unspecified atom stereocenters. The summed E-state index contributed by atoms with van der Waals surface area (Å²) in [5.41, 5.74) is 2.47. The molecule has 10 heteroatoms. The number of nitrogens with one attached hydrogen (secondary N) is 1. The zero-order valence-corrected chi connectivity index (χ0v) is 25.0. The molecule has 1 heterocycles. The van der Waals surface area contributed by atoms with E-state index in [1.165, 1.54) is 13.0 Å². The summed E-state index contributed by atoms with van der Waals surface area (Å²) in [5.74, 6) is -0.845. The fourth-order valence-electron chi connectivity index (χ4n) is 4.33. The molecule has 0 fully saturated rings. The third kappa shape index (κ3) is 7.36. The second kappa shape index (κ2) is 13.1. The van der Waals surface area contributed by atoms with Gasteiger partial charge in [-0.2, -0.15) is 4.39 Å². The van der Waals surface area contributed by atoms with Crippen LogP contribution in [-0.2, 0) is 40.5 Å². The van der Waals surface area contributed by atoms with Gasteiger partial charge in [0.05, 0.1) is 19.6 Å². The van der Waals surface area contributed by atoms with Gasteiger partial charge in [0.25, 0.3) is 6.01 Å². The number of ketones is 1. The Hall–Kier alpha value is -3.73. The number of fused-ring (bicyclic) bond motifs is 1. The number of benzene rings is 3. The highest BCUT2D eigenvalue weighted by Crippen LogP contribution is 2.35. The van der Waals surface area contributed by atoms with Gasteiger partial charge < -0.3 is 18.4 Å². The first-order chi connectivity index (χ1) is 19.9. The summed E-state index contributed by atoms with van der Waals surface area (Å²) < 4.78 is 61.3. The second-order valence-electron chi connectivity index (χ2n) is 10.7. The molecule has 0 aliphatic rings. The topological polar surface area (TPSA) is 101 Å². The van der Waals surface area contributed by atoms with Gasteiger partial charge >= 0.3 is 5.97 Å². The maximum absolute atomic E-state index is 15.8. The van der Waals surface area contributed by atoms with Crippen molar-refractivity contribution in [3.8, 4) is 16.9 Å². The first-order valence-electron chi connectivity index (χ1n) is 13.4. The number of carbonyl (C=O) groups excluding carboxylic acids is 2. The van der Waals surface area contributed by atoms with Gasteiger partial charge in [-0.3, -0.25) is 9.59 Å². The molecule has 0 amide bonds. The van der Waals surface area contributed by atoms with Crippen molar-refractivity contribution in [2.45, 2.75) is 58.9 Å². The average Bonchev–Trinajstić information content (AvgIpc) is 3.30. The van der Waals surface area contributed by atoms with Gasteiger partial charge in [-0.25, -0.2) is 4.39 Å². The van der Waals surface area contributed by atoms with Crippen molar-refractivity contribution in [1.82, 2.24) is 4.72 Å². The number of carbonyl (C=O) groups is 2. The van der Waals surface area contributed by atoms with E-state index in [-0.39, 0.29) is 48.7 Å². The SMILES string of the molecule is CCOC(=O)Cc1ccc(C(C)=O)cc1OCc1cc(-c2cccc(CN[S+]([O-])C(C)(C)C)c2F)c2oc(F)cc2c1. The standard InChI is InChI=1S/C32H33F2NO6S/c1-6-39-29(37)16-22-11-10-21(19(2)36)14-27(22)40-18-20-12-24-15-28(33)41-31(24)26(13-20)25-9-7-8-23(30(25)34)17-35-42(38)32(3,4)5/h7-15,35H,6,16-18H2,1-5H3. The van der Waals surface area contributed by atoms with E-state index >= 15 is 4.39 Å². The molecule has 0 radical (unpaired) electrons. The van der Waals surface area contributed by atoms with Gasteiger partial charge in [0.1, 0.15) is 28.5 Å². The summed E-state index contributed by atoms with van der Waals surface area (Å²) in [7, 11) is 0. The number of halogens is 2. The fourth-order valence-corrected chi connectivity index (χ4v) is 5.05. The summed E-state index contributed by atoms with van der Waals surface area (Å²) in [6, 6.07) is 13.3. The normalized spacial score (nSPS) is 12.4. The van der Waals surface area contributed by atoms with Gasteiger partial charge in [-0.05, 0) is 58.4 Å². The lowest BCUT2D eigenvalue weighted by molar-refractivity contribution is -0.142. The molecule has 0 saturated carbocycles. The van der Waals surface area contributed by atoms with Gasteiger partial charge in [0.15, 0.2) is 5.78 Å². The first-order valence-corrected chi connectivity index (χ1v) is 14.6. The van der Waals surface area contributed by atoms with Crippen molar-refractivity contribution < 1.29 is 36.8 Å². The number of esters is 1. The predicted molar refractivity (Wildman–Crippen MR) is 157 cm³/mol. The van der Waals surface area contributed by atoms with Crippen LogP contribution in [-0.4, -0.2) is 27.7 Å². The molecule has 1 atom stereocenters. The van der Waals surface area contributed by atoms with E-state index in [1.54, 1.807) is 55.5 Å². The van der Waals surface area contributed by atoms with Crippen molar-refractivity contribution in [3.05, 3.63) is 88.7 Å². The third-order valence-corrected chi connectivity index (χ3v) is 7.99. The summed E-state index contributed by atoms with van der Waals surface area (Å²) in [5, 5.41) is 0.407. The smallest absolute Gasteiger partial charge is 0.310 e. The van der Waals surface area contributed by atoms with Crippen molar-refractivity contribution in [3.63, 3.8) is 0 Å². The van der Waals surface area contributed by atoms with Gasteiger partial charge in [-0.15, -0.1) is 4.72 Å². The number of hydrogen-bond donors (Lipinski definition) is 1. The average molecular weight is 598 g/mol. The minimum atomic E-state index is -1.40. The lowest BCUT2D eigenvalue weighted by Gasteiger charge is -2.23. The van der Waals surface area contributed by atoms with Crippen molar-refractivity contribution in [2.24, 2.45) is 0 Å². The molecule has 1 aromatic heterocycles. The highest BCUT2D eigenvalue weighted by molar-refractivity contribution is 7.90. The molecule has 42 heavy (non-hydrogen) atoms. The molecule has 7 nitrogen and oxygen atoms in total. The Kier molecular flexibility index (Phi) is 9.71. The van der Waals surface area contributed by atoms with Crippen LogP contribution in [0.2, 0.25) is 0 Å². The number of hydrogen-bond acceptors (Lipinski definition) is 7. The summed E-state index contributed by atoms with van der Waals surface area (Å²) >= 11 is -1.40. The largest absolute Gasteiger partial charge is 0.598 e. The van der Waals surface area contributed by atoms with Crippen LogP contribution in [0.5, 0.6) is 5.75 Å². The minimum Gasteiger partial charge on any atom is -0.598 e. The first kappa shape index (κ1) is 31.2. The van der Waals surface area contributed by atoms with E-state index in [2.05, 4.69) is 4.72 Å². The molecular formula is C32H33F2NO6S. The molecule has 0 saturated heterocycles. The highest BCUT2D eigenvalue weighted by atomic mass is 32.2. The second-order valence-corrected chi connectivity index (χ2v) is 12.8. The summed E-state index contributed by atoms with van der Waals surface area (Å²) in [6.07, 6.45) is -0.0510. The molecule has 1 N–H and O–H groups in total. The lowest BCUT2D eigenvalue weighted by atomic mass is 9.98. The summed E-state index contributed by atoms with van der Waals surface area (Å²) in [6.45, 7) is 8.81. The number of rotatable bonds is 11. The van der Waals surface area contributed by atoms with E-state index in [9.17, 15) is 18.5 Å². The summed E-state index contributed by atoms with van der Waals surface area (Å²) in [4.78, 5) is 24.2. The number of furan rings is 1. The molecule has 222 valence electrons. The molecule has 0 aliphatic heterocycles. The molecular weight excluding hydrogens is 564 g/mol. The molecule has 0 aliphatic carbocycles. The van der Waals surface area contributed by atoms with E-state index in [0.29, 0.717) is 33.4 Å². The predicted octanol–water partition coefficient (Wildman–Crippen LogP) is 6.82. The van der Waals surface area contributed by atoms with Crippen LogP contribution in [0.3, 0.4) is 0 Å². The minimum absolute atomic E-state index is 0.0255. The van der Waals surface area contributed by atoms with Crippen LogP contribution >= 0.6 is 0 Å². The zero-order valence-electron chi connectivity index (χ0n) is 24.1. The maximum Gasteiger partial charge on any atom is 0.310 e. The van der Waals surface area contributed by atoms with E-state index < -0.39 is 33.9 Å². The van der Waals surface area contributed by atoms with Crippen LogP contribution in [0.25, 0.3) is 22.1 Å². The van der Waals surface area contributed by atoms with E-state index in [0.717, 1.165) is 0 Å². The van der Waals surface area contributed by atoms with Crippen LogP contribution in [0.4, 0.5) is 8.78 Å². The van der Waals surface area contributed by atoms with Crippen molar-refractivity contribution >= 4 is 34.1 Å². The Balaban J connectivity index is 1.68.